The van der Waals surface area contributed by atoms with Crippen LogP contribution in [-0.2, 0) is 0 Å². The van der Waals surface area contributed by atoms with E-state index in [4.69, 9.17) is 0 Å². The Balaban J connectivity index is 2.52. The predicted molar refractivity (Wildman–Crippen MR) is 82.3 cm³/mol. The average molecular weight is 269 g/mol. The summed E-state index contributed by atoms with van der Waals surface area (Å²) in [6, 6.07) is 1.53. The van der Waals surface area contributed by atoms with Crippen molar-refractivity contribution in [1.29, 1.82) is 0 Å². The van der Waals surface area contributed by atoms with E-state index in [0.717, 1.165) is 19.4 Å². The lowest BCUT2D eigenvalue weighted by atomic mass is 10.1. The molecule has 3 atom stereocenters. The van der Waals surface area contributed by atoms with Gasteiger partial charge in [-0.15, -0.1) is 0 Å². The number of nitrogens with one attached hydrogen (secondary N) is 3. The molecular weight excluding hydrogens is 238 g/mol. The van der Waals surface area contributed by atoms with Gasteiger partial charge in [-0.3, -0.25) is 0 Å². The van der Waals surface area contributed by atoms with Crippen LogP contribution in [0.5, 0.6) is 0 Å². The molecule has 0 saturated heterocycles. The predicted octanol–water partition coefficient (Wildman–Crippen LogP) is 1.33. The fraction of sp³-hybridized carbons (Fsp3) is 0.929. The summed E-state index contributed by atoms with van der Waals surface area (Å²) >= 11 is 0. The Morgan fingerprint density at radius 1 is 1.37 bits per heavy atom. The molecule has 1 aliphatic rings. The number of likely N-dealkylation sites (N-methyl/N-ethyl adjacent to an activating group) is 1. The first kappa shape index (κ1) is 16.4. The van der Waals surface area contributed by atoms with E-state index in [0.29, 0.717) is 18.1 Å². The molecule has 0 aliphatic heterocycles. The molecule has 0 heterocycles. The summed E-state index contributed by atoms with van der Waals surface area (Å²) in [4.78, 5) is 0. The minimum atomic E-state index is 0.432. The van der Waals surface area contributed by atoms with Crippen LogP contribution in [-0.4, -0.2) is 49.5 Å². The number of hydrogen-bond donors (Lipinski definition) is 3. The highest BCUT2D eigenvalue weighted by Crippen LogP contribution is 2.18. The second-order valence-corrected chi connectivity index (χ2v) is 5.40. The van der Waals surface area contributed by atoms with Crippen LogP contribution < -0.4 is 16.2 Å². The number of hydrogen-bond acceptors (Lipinski definition) is 5. The molecule has 0 amide bonds. The Kier molecular flexibility index (Phi) is 7.34. The van der Waals surface area contributed by atoms with Gasteiger partial charge in [0.05, 0.1) is 11.8 Å². The van der Waals surface area contributed by atoms with Crippen molar-refractivity contribution >= 4 is 5.71 Å². The third kappa shape index (κ3) is 5.47. The van der Waals surface area contributed by atoms with E-state index in [1.807, 2.05) is 14.1 Å². The molecule has 1 fully saturated rings. The lowest BCUT2D eigenvalue weighted by molar-refractivity contribution is 0.111. The fourth-order valence-electron chi connectivity index (χ4n) is 2.33. The molecule has 0 spiro atoms. The van der Waals surface area contributed by atoms with Crippen LogP contribution in [0.3, 0.4) is 0 Å². The molecule has 0 radical (unpaired) electrons. The molecule has 1 saturated carbocycles. The van der Waals surface area contributed by atoms with Gasteiger partial charge in [-0.2, -0.15) is 5.10 Å². The van der Waals surface area contributed by atoms with E-state index in [-0.39, 0.29) is 0 Å². The van der Waals surface area contributed by atoms with E-state index in [2.05, 4.69) is 47.0 Å². The molecule has 112 valence electrons. The number of rotatable bonds is 10. The maximum atomic E-state index is 4.26. The molecule has 3 unspecified atom stereocenters. The topological polar surface area (TPSA) is 51.7 Å². The average Bonchev–Trinajstić information content (AvgIpc) is 3.13. The zero-order valence-electron chi connectivity index (χ0n) is 13.2. The van der Waals surface area contributed by atoms with Crippen molar-refractivity contribution in [1.82, 2.24) is 21.2 Å². The molecule has 1 rings (SSSR count). The molecule has 1 aliphatic carbocycles. The van der Waals surface area contributed by atoms with Crippen LogP contribution in [0.1, 0.15) is 46.5 Å². The highest BCUT2D eigenvalue weighted by molar-refractivity contribution is 6.04. The van der Waals surface area contributed by atoms with E-state index in [9.17, 15) is 0 Å². The van der Waals surface area contributed by atoms with Gasteiger partial charge in [0.2, 0.25) is 0 Å². The Morgan fingerprint density at radius 3 is 2.63 bits per heavy atom. The van der Waals surface area contributed by atoms with Gasteiger partial charge in [0.15, 0.2) is 0 Å². The van der Waals surface area contributed by atoms with Gasteiger partial charge in [-0.1, -0.05) is 20.3 Å². The lowest BCUT2D eigenvalue weighted by Crippen LogP contribution is -2.51. The second kappa shape index (κ2) is 8.51. The van der Waals surface area contributed by atoms with Crippen LogP contribution in [0.25, 0.3) is 0 Å². The molecule has 0 aromatic carbocycles. The van der Waals surface area contributed by atoms with Crippen molar-refractivity contribution in [2.45, 2.75) is 64.6 Å². The highest BCUT2D eigenvalue weighted by atomic mass is 15.5. The van der Waals surface area contributed by atoms with E-state index < -0.39 is 0 Å². The van der Waals surface area contributed by atoms with Crippen LogP contribution in [0.2, 0.25) is 0 Å². The summed E-state index contributed by atoms with van der Waals surface area (Å²) in [5.74, 6) is 0. The van der Waals surface area contributed by atoms with Crippen molar-refractivity contribution < 1.29 is 0 Å². The molecule has 3 N–H and O–H groups in total. The van der Waals surface area contributed by atoms with Crippen molar-refractivity contribution in [3.8, 4) is 0 Å². The van der Waals surface area contributed by atoms with E-state index in [1.54, 1.807) is 0 Å². The largest absolute Gasteiger partial charge is 0.316 e. The first-order chi connectivity index (χ1) is 9.15. The zero-order valence-corrected chi connectivity index (χ0v) is 13.2. The highest BCUT2D eigenvalue weighted by Gasteiger charge is 2.34. The minimum absolute atomic E-state index is 0.432. The van der Waals surface area contributed by atoms with Crippen LogP contribution in [0.15, 0.2) is 5.10 Å². The van der Waals surface area contributed by atoms with Crippen molar-refractivity contribution in [2.24, 2.45) is 5.10 Å². The Labute approximate surface area is 118 Å². The van der Waals surface area contributed by atoms with Gasteiger partial charge < -0.3 is 10.7 Å². The first-order valence-electron chi connectivity index (χ1n) is 7.59. The van der Waals surface area contributed by atoms with Crippen molar-refractivity contribution in [3.63, 3.8) is 0 Å². The standard InChI is InChI=1S/C14H31N5/c1-6-8-11(3)19(10-12(7-2)15-4)18-14-9-13(14)17-16-5/h11-12,14-16,18H,6-10H2,1-5H3/b17-13+. The summed E-state index contributed by atoms with van der Waals surface area (Å²) in [5.41, 5.74) is 7.73. The van der Waals surface area contributed by atoms with Crippen molar-refractivity contribution in [3.05, 3.63) is 0 Å². The van der Waals surface area contributed by atoms with Crippen LogP contribution in [0, 0.1) is 0 Å². The maximum Gasteiger partial charge on any atom is 0.0669 e. The SMILES string of the molecule is CCCC(C)N(CC(CC)NC)NC1C/C1=N\NC. The molecule has 0 aromatic rings. The third-order valence-electron chi connectivity index (χ3n) is 3.79. The summed E-state index contributed by atoms with van der Waals surface area (Å²) in [5, 5.41) is 10.0. The first-order valence-corrected chi connectivity index (χ1v) is 7.59. The molecule has 5 heteroatoms. The molecule has 5 nitrogen and oxygen atoms in total. The van der Waals surface area contributed by atoms with Gasteiger partial charge in [-0.05, 0) is 26.8 Å². The monoisotopic (exact) mass is 269 g/mol. The Hall–Kier alpha value is -0.650. The quantitative estimate of drug-likeness (QED) is 0.524. The smallest absolute Gasteiger partial charge is 0.0669 e. The fourth-order valence-corrected chi connectivity index (χ4v) is 2.33. The summed E-state index contributed by atoms with van der Waals surface area (Å²) in [7, 11) is 3.90. The Bertz CT molecular complexity index is 275. The Morgan fingerprint density at radius 2 is 2.11 bits per heavy atom. The molecule has 0 aromatic heterocycles. The minimum Gasteiger partial charge on any atom is -0.316 e. The molecule has 0 bridgehead atoms. The van der Waals surface area contributed by atoms with Crippen LogP contribution in [0.4, 0.5) is 0 Å². The van der Waals surface area contributed by atoms with Gasteiger partial charge in [0.25, 0.3) is 0 Å². The second-order valence-electron chi connectivity index (χ2n) is 5.40. The van der Waals surface area contributed by atoms with Crippen LogP contribution >= 0.6 is 0 Å². The van der Waals surface area contributed by atoms with Crippen molar-refractivity contribution in [2.75, 3.05) is 20.6 Å². The number of nitrogens with zero attached hydrogens (tertiary/aromatic N) is 2. The summed E-state index contributed by atoms with van der Waals surface area (Å²) in [6.45, 7) is 7.82. The maximum absolute atomic E-state index is 4.26. The summed E-state index contributed by atoms with van der Waals surface area (Å²) < 4.78 is 0. The summed E-state index contributed by atoms with van der Waals surface area (Å²) in [6.07, 6.45) is 4.65. The molecule has 19 heavy (non-hydrogen) atoms. The normalized spacial score (nSPS) is 23.7. The van der Waals surface area contributed by atoms with E-state index >= 15 is 0 Å². The lowest BCUT2D eigenvalue weighted by Gasteiger charge is -2.32. The van der Waals surface area contributed by atoms with Gasteiger partial charge in [-0.25, -0.2) is 10.4 Å². The number of hydrazone groups is 1. The molecular formula is C14H31N5. The van der Waals surface area contributed by atoms with E-state index in [1.165, 1.54) is 18.6 Å². The third-order valence-corrected chi connectivity index (χ3v) is 3.79. The van der Waals surface area contributed by atoms with Gasteiger partial charge >= 0.3 is 0 Å². The van der Waals surface area contributed by atoms with Gasteiger partial charge in [0.1, 0.15) is 0 Å². The van der Waals surface area contributed by atoms with Gasteiger partial charge in [0, 0.05) is 32.1 Å². The zero-order chi connectivity index (χ0) is 14.3. The number of hydrazine groups is 1.